The first-order valence-electron chi connectivity index (χ1n) is 12.3. The highest BCUT2D eigenvalue weighted by Crippen LogP contribution is 2.42. The number of thiophene rings is 1. The van der Waals surface area contributed by atoms with Crippen LogP contribution < -0.4 is 11.1 Å². The SMILES string of the molecule is CCN=CC(=C(N)C(F)(F)F)c1c(F)cccc1[C@@H]1CN(C(=O)/C=C/[C@@H]2C[C@H](F)CN2)Cc2sc(C#N)cc21. The van der Waals surface area contributed by atoms with Crippen molar-refractivity contribution >= 4 is 29.0 Å². The number of alkyl halides is 4. The molecular formula is C27H26F5N5OS. The van der Waals surface area contributed by atoms with Crippen molar-refractivity contribution in [1.82, 2.24) is 10.2 Å². The summed E-state index contributed by atoms with van der Waals surface area (Å²) in [5.74, 6) is -2.07. The topological polar surface area (TPSA) is 94.5 Å². The van der Waals surface area contributed by atoms with E-state index in [4.69, 9.17) is 5.73 Å². The first-order chi connectivity index (χ1) is 18.5. The summed E-state index contributed by atoms with van der Waals surface area (Å²) in [6, 6.07) is 7.31. The van der Waals surface area contributed by atoms with Crippen molar-refractivity contribution in [2.24, 2.45) is 10.7 Å². The summed E-state index contributed by atoms with van der Waals surface area (Å²) in [5, 5.41) is 12.5. The molecule has 0 aliphatic carbocycles. The molecule has 3 heterocycles. The summed E-state index contributed by atoms with van der Waals surface area (Å²) >= 11 is 1.16. The first kappa shape index (κ1) is 28.4. The van der Waals surface area contributed by atoms with E-state index in [1.54, 1.807) is 19.1 Å². The Hall–Kier alpha value is -3.56. The Morgan fingerprint density at radius 2 is 2.13 bits per heavy atom. The number of nitrogens with one attached hydrogen (secondary N) is 1. The van der Waals surface area contributed by atoms with Crippen molar-refractivity contribution in [2.45, 2.75) is 44.2 Å². The maximum Gasteiger partial charge on any atom is 0.431 e. The van der Waals surface area contributed by atoms with Crippen molar-refractivity contribution in [1.29, 1.82) is 5.26 Å². The number of nitrogens with two attached hydrogens (primary N) is 1. The molecule has 1 fully saturated rings. The molecule has 12 heteroatoms. The first-order valence-corrected chi connectivity index (χ1v) is 13.1. The van der Waals surface area contributed by atoms with Gasteiger partial charge >= 0.3 is 6.18 Å². The highest BCUT2D eigenvalue weighted by Gasteiger charge is 2.38. The lowest BCUT2D eigenvalue weighted by Crippen LogP contribution is -2.37. The highest BCUT2D eigenvalue weighted by molar-refractivity contribution is 7.12. The molecular weight excluding hydrogens is 537 g/mol. The molecule has 2 aliphatic heterocycles. The van der Waals surface area contributed by atoms with Gasteiger partial charge < -0.3 is 16.0 Å². The third kappa shape index (κ3) is 6.20. The lowest BCUT2D eigenvalue weighted by Gasteiger charge is -2.34. The van der Waals surface area contributed by atoms with Crippen LogP contribution in [0, 0.1) is 17.1 Å². The van der Waals surface area contributed by atoms with Crippen LogP contribution in [0.3, 0.4) is 0 Å². The van der Waals surface area contributed by atoms with E-state index in [0.717, 1.165) is 23.6 Å². The molecule has 1 saturated heterocycles. The van der Waals surface area contributed by atoms with E-state index < -0.39 is 41.3 Å². The Balaban J connectivity index is 1.81. The minimum atomic E-state index is -4.94. The van der Waals surface area contributed by atoms with E-state index in [1.807, 2.05) is 0 Å². The number of allylic oxidation sites excluding steroid dienone is 2. The molecule has 0 radical (unpaired) electrons. The largest absolute Gasteiger partial charge is 0.431 e. The van der Waals surface area contributed by atoms with Crippen LogP contribution in [-0.4, -0.2) is 55.0 Å². The Morgan fingerprint density at radius 3 is 2.77 bits per heavy atom. The number of halogens is 5. The van der Waals surface area contributed by atoms with Crippen LogP contribution >= 0.6 is 11.3 Å². The average molecular weight is 564 g/mol. The summed E-state index contributed by atoms with van der Waals surface area (Å²) in [6.07, 6.45) is -1.86. The Bertz CT molecular complexity index is 1370. The van der Waals surface area contributed by atoms with Crippen LogP contribution in [0.5, 0.6) is 0 Å². The van der Waals surface area contributed by atoms with Gasteiger partial charge in [0, 0.05) is 59.9 Å². The molecule has 3 N–H and O–H groups in total. The lowest BCUT2D eigenvalue weighted by molar-refractivity contribution is -0.127. The molecule has 6 nitrogen and oxygen atoms in total. The van der Waals surface area contributed by atoms with Gasteiger partial charge in [0.25, 0.3) is 0 Å². The van der Waals surface area contributed by atoms with Crippen molar-refractivity contribution < 1.29 is 26.7 Å². The van der Waals surface area contributed by atoms with Gasteiger partial charge in [0.05, 0.1) is 6.54 Å². The molecule has 39 heavy (non-hydrogen) atoms. The summed E-state index contributed by atoms with van der Waals surface area (Å²) in [7, 11) is 0. The maximum atomic E-state index is 15.4. The van der Waals surface area contributed by atoms with Crippen LogP contribution in [0.4, 0.5) is 22.0 Å². The fraction of sp³-hybridized carbons (Fsp3) is 0.370. The number of amides is 1. The van der Waals surface area contributed by atoms with Crippen molar-refractivity contribution in [2.75, 3.05) is 19.6 Å². The van der Waals surface area contributed by atoms with Gasteiger partial charge in [-0.05, 0) is 36.6 Å². The summed E-state index contributed by atoms with van der Waals surface area (Å²) in [5.41, 5.74) is 3.85. The summed E-state index contributed by atoms with van der Waals surface area (Å²) < 4.78 is 70.0. The molecule has 0 unspecified atom stereocenters. The molecule has 206 valence electrons. The quantitative estimate of drug-likeness (QED) is 0.300. The van der Waals surface area contributed by atoms with Crippen LogP contribution in [0.15, 0.2) is 47.1 Å². The summed E-state index contributed by atoms with van der Waals surface area (Å²) in [4.78, 5) is 19.6. The number of fused-ring (bicyclic) bond motifs is 1. The second kappa shape index (κ2) is 11.7. The van der Waals surface area contributed by atoms with Crippen LogP contribution in [0.2, 0.25) is 0 Å². The van der Waals surface area contributed by atoms with Crippen LogP contribution in [0.1, 0.15) is 45.7 Å². The van der Waals surface area contributed by atoms with E-state index in [9.17, 15) is 27.6 Å². The number of rotatable bonds is 6. The molecule has 1 aromatic heterocycles. The normalized spacial score (nSPS) is 22.3. The zero-order chi connectivity index (χ0) is 28.3. The van der Waals surface area contributed by atoms with Gasteiger partial charge in [-0.3, -0.25) is 9.79 Å². The van der Waals surface area contributed by atoms with Gasteiger partial charge in [0.15, 0.2) is 0 Å². The predicted octanol–water partition coefficient (Wildman–Crippen LogP) is 4.81. The molecule has 0 bridgehead atoms. The minimum Gasteiger partial charge on any atom is -0.394 e. The Kier molecular flexibility index (Phi) is 8.51. The number of carbonyl (C=O) groups excluding carboxylic acids is 1. The Labute approximate surface area is 226 Å². The highest BCUT2D eigenvalue weighted by atomic mass is 32.1. The van der Waals surface area contributed by atoms with Gasteiger partial charge in [0.1, 0.15) is 28.6 Å². The molecule has 2 aliphatic rings. The minimum absolute atomic E-state index is 0.0161. The van der Waals surface area contributed by atoms with Gasteiger partial charge in [-0.25, -0.2) is 8.78 Å². The fourth-order valence-electron chi connectivity index (χ4n) is 4.80. The van der Waals surface area contributed by atoms with E-state index in [0.29, 0.717) is 15.3 Å². The van der Waals surface area contributed by atoms with Gasteiger partial charge in [-0.1, -0.05) is 18.2 Å². The van der Waals surface area contributed by atoms with E-state index in [2.05, 4.69) is 16.4 Å². The number of nitrogens with zero attached hydrogens (tertiary/aromatic N) is 3. The van der Waals surface area contributed by atoms with Crippen molar-refractivity contribution in [3.63, 3.8) is 0 Å². The van der Waals surface area contributed by atoms with Gasteiger partial charge in [-0.15, -0.1) is 11.3 Å². The molecule has 1 aromatic carbocycles. The second-order valence-corrected chi connectivity index (χ2v) is 10.4. The van der Waals surface area contributed by atoms with E-state index >= 15 is 4.39 Å². The zero-order valence-corrected chi connectivity index (χ0v) is 21.8. The molecule has 4 rings (SSSR count). The maximum absolute atomic E-state index is 15.4. The number of aliphatic imine (C=N–C) groups is 1. The van der Waals surface area contributed by atoms with Gasteiger partial charge in [0.2, 0.25) is 5.91 Å². The number of hydrogen-bond donors (Lipinski definition) is 2. The number of carbonyl (C=O) groups is 1. The third-order valence-corrected chi connectivity index (χ3v) is 7.69. The number of hydrogen-bond acceptors (Lipinski definition) is 6. The number of benzene rings is 1. The lowest BCUT2D eigenvalue weighted by atomic mass is 9.83. The summed E-state index contributed by atoms with van der Waals surface area (Å²) in [6.45, 7) is 2.15. The smallest absolute Gasteiger partial charge is 0.394 e. The van der Waals surface area contributed by atoms with E-state index in [1.165, 1.54) is 23.1 Å². The molecule has 0 spiro atoms. The molecule has 2 aromatic rings. The van der Waals surface area contributed by atoms with Crippen LogP contribution in [-0.2, 0) is 11.3 Å². The standard InChI is InChI=1S/C27H26F5N5OS/c1-2-35-12-20(26(34)27(30,31)32)25-18(4-3-5-22(25)29)21-13-37(14-23-19(21)9-17(10-33)39-23)24(38)7-6-16-8-15(28)11-36-16/h3-7,9,12,15-16,21,36H,2,8,11,13-14,34H2,1H3/b7-6+,26-20?,35-12?/t15-,16+,21-/m0/s1. The Morgan fingerprint density at radius 1 is 1.36 bits per heavy atom. The van der Waals surface area contributed by atoms with Gasteiger partial charge in [-0.2, -0.15) is 18.4 Å². The second-order valence-electron chi connectivity index (χ2n) is 9.24. The van der Waals surface area contributed by atoms with Crippen molar-refractivity contribution in [3.05, 3.63) is 74.4 Å². The van der Waals surface area contributed by atoms with Crippen molar-refractivity contribution in [3.8, 4) is 6.07 Å². The predicted molar refractivity (Wildman–Crippen MR) is 139 cm³/mol. The zero-order valence-electron chi connectivity index (χ0n) is 20.9. The molecule has 0 saturated carbocycles. The monoisotopic (exact) mass is 563 g/mol. The molecule has 1 amide bonds. The molecule has 3 atom stereocenters. The van der Waals surface area contributed by atoms with E-state index in [-0.39, 0.29) is 49.8 Å². The third-order valence-electron chi connectivity index (χ3n) is 6.65. The fourth-order valence-corrected chi connectivity index (χ4v) is 5.83. The van der Waals surface area contributed by atoms with Crippen LogP contribution in [0.25, 0.3) is 5.57 Å². The average Bonchev–Trinajstić information content (AvgIpc) is 3.52. The number of nitriles is 1.